The van der Waals surface area contributed by atoms with Crippen LogP contribution in [0.2, 0.25) is 0 Å². The summed E-state index contributed by atoms with van der Waals surface area (Å²) in [5, 5.41) is 0. The number of ether oxygens (including phenoxy) is 1. The molecule has 75 valence electrons. The predicted octanol–water partition coefficient (Wildman–Crippen LogP) is 3.95. The maximum atomic E-state index is 5.41. The molecule has 0 bridgehead atoms. The Balaban J connectivity index is 2.93. The van der Waals surface area contributed by atoms with E-state index in [4.69, 9.17) is 4.74 Å². The molecule has 1 unspecified atom stereocenters. The van der Waals surface area contributed by atoms with E-state index in [1.807, 2.05) is 31.2 Å². The van der Waals surface area contributed by atoms with E-state index in [0.29, 0.717) is 6.61 Å². The number of hydrogen-bond donors (Lipinski definition) is 0. The van der Waals surface area contributed by atoms with Crippen molar-refractivity contribution in [2.45, 2.75) is 12.8 Å². The van der Waals surface area contributed by atoms with Gasteiger partial charge in [0.15, 0.2) is 0 Å². The highest BCUT2D eigenvalue weighted by molar-refractivity contribution is 9.10. The number of halogens is 1. The highest BCUT2D eigenvalue weighted by Crippen LogP contribution is 2.29. The SMILES string of the molecule is [CH2]C(C=C)c1ccc(OCC)c(Br)c1. The second kappa shape index (κ2) is 5.20. The highest BCUT2D eigenvalue weighted by atomic mass is 79.9. The monoisotopic (exact) mass is 253 g/mol. The molecule has 1 aromatic rings. The molecule has 0 saturated heterocycles. The molecular weight excluding hydrogens is 240 g/mol. The van der Waals surface area contributed by atoms with Crippen LogP contribution in [0.4, 0.5) is 0 Å². The Kier molecular flexibility index (Phi) is 4.21. The van der Waals surface area contributed by atoms with Gasteiger partial charge in [-0.25, -0.2) is 0 Å². The molecule has 1 aromatic carbocycles. The lowest BCUT2D eigenvalue weighted by Crippen LogP contribution is -1.94. The molecule has 0 aromatic heterocycles. The first kappa shape index (κ1) is 11.3. The van der Waals surface area contributed by atoms with Crippen LogP contribution in [0.5, 0.6) is 5.75 Å². The zero-order valence-electron chi connectivity index (χ0n) is 8.29. The topological polar surface area (TPSA) is 9.23 Å². The molecule has 2 heteroatoms. The Labute approximate surface area is 93.9 Å². The molecule has 0 heterocycles. The molecule has 14 heavy (non-hydrogen) atoms. The van der Waals surface area contributed by atoms with Crippen LogP contribution in [-0.4, -0.2) is 6.61 Å². The van der Waals surface area contributed by atoms with Crippen molar-refractivity contribution in [3.63, 3.8) is 0 Å². The quantitative estimate of drug-likeness (QED) is 0.739. The third kappa shape index (κ3) is 2.61. The third-order valence-electron chi connectivity index (χ3n) is 1.97. The summed E-state index contributed by atoms with van der Waals surface area (Å²) in [6.07, 6.45) is 1.82. The van der Waals surface area contributed by atoms with E-state index < -0.39 is 0 Å². The van der Waals surface area contributed by atoms with Crippen molar-refractivity contribution in [2.24, 2.45) is 0 Å². The number of rotatable bonds is 4. The Bertz CT molecular complexity index is 320. The molecule has 0 amide bonds. The van der Waals surface area contributed by atoms with Gasteiger partial charge in [-0.2, -0.15) is 0 Å². The molecule has 1 rings (SSSR count). The molecule has 0 aliphatic heterocycles. The Hall–Kier alpha value is -0.760. The molecule has 1 atom stereocenters. The van der Waals surface area contributed by atoms with Crippen LogP contribution < -0.4 is 4.74 Å². The van der Waals surface area contributed by atoms with Gasteiger partial charge < -0.3 is 4.74 Å². The van der Waals surface area contributed by atoms with Crippen molar-refractivity contribution in [1.29, 1.82) is 0 Å². The first-order chi connectivity index (χ1) is 6.69. The average molecular weight is 254 g/mol. The Morgan fingerprint density at radius 3 is 2.79 bits per heavy atom. The Morgan fingerprint density at radius 2 is 2.29 bits per heavy atom. The van der Waals surface area contributed by atoms with E-state index >= 15 is 0 Å². The number of hydrogen-bond acceptors (Lipinski definition) is 1. The van der Waals surface area contributed by atoms with Gasteiger partial charge in [0.25, 0.3) is 0 Å². The molecule has 1 nitrogen and oxygen atoms in total. The van der Waals surface area contributed by atoms with Crippen LogP contribution in [0.25, 0.3) is 0 Å². The summed E-state index contributed by atoms with van der Waals surface area (Å²) in [5.74, 6) is 0.995. The van der Waals surface area contributed by atoms with E-state index in [2.05, 4.69) is 29.4 Å². The van der Waals surface area contributed by atoms with E-state index in [0.717, 1.165) is 15.8 Å². The molecule has 0 saturated carbocycles. The van der Waals surface area contributed by atoms with Crippen LogP contribution in [0.3, 0.4) is 0 Å². The van der Waals surface area contributed by atoms with Gasteiger partial charge in [0.2, 0.25) is 0 Å². The zero-order valence-corrected chi connectivity index (χ0v) is 9.88. The van der Waals surface area contributed by atoms with E-state index in [9.17, 15) is 0 Å². The first-order valence-corrected chi connectivity index (χ1v) is 5.36. The van der Waals surface area contributed by atoms with E-state index in [1.54, 1.807) is 0 Å². The van der Waals surface area contributed by atoms with Crippen molar-refractivity contribution >= 4 is 15.9 Å². The standard InChI is InChI=1S/C12H14BrO/c1-4-9(3)10-6-7-12(14-5-2)11(13)8-10/h4,6-9H,1,3,5H2,2H3. The van der Waals surface area contributed by atoms with Crippen LogP contribution in [0, 0.1) is 6.92 Å². The first-order valence-electron chi connectivity index (χ1n) is 4.57. The van der Waals surface area contributed by atoms with Crippen LogP contribution in [0.1, 0.15) is 18.4 Å². The summed E-state index contributed by atoms with van der Waals surface area (Å²) in [6, 6.07) is 5.98. The maximum absolute atomic E-state index is 5.41. The summed E-state index contributed by atoms with van der Waals surface area (Å²) in [7, 11) is 0. The minimum absolute atomic E-state index is 0.127. The van der Waals surface area contributed by atoms with Gasteiger partial charge in [0.1, 0.15) is 5.75 Å². The molecule has 0 fully saturated rings. The largest absolute Gasteiger partial charge is 0.493 e. The number of benzene rings is 1. The molecule has 1 radical (unpaired) electrons. The third-order valence-corrected chi connectivity index (χ3v) is 2.59. The Morgan fingerprint density at radius 1 is 1.57 bits per heavy atom. The smallest absolute Gasteiger partial charge is 0.133 e. The van der Waals surface area contributed by atoms with E-state index in [1.165, 1.54) is 0 Å². The summed E-state index contributed by atoms with van der Waals surface area (Å²) in [5.41, 5.74) is 1.13. The lowest BCUT2D eigenvalue weighted by Gasteiger charge is -2.10. The summed E-state index contributed by atoms with van der Waals surface area (Å²) >= 11 is 3.46. The van der Waals surface area contributed by atoms with Gasteiger partial charge in [0, 0.05) is 5.92 Å². The summed E-state index contributed by atoms with van der Waals surface area (Å²) < 4.78 is 6.38. The molecule has 0 aliphatic rings. The van der Waals surface area contributed by atoms with Crippen molar-refractivity contribution < 1.29 is 4.74 Å². The van der Waals surface area contributed by atoms with Crippen molar-refractivity contribution in [2.75, 3.05) is 6.61 Å². The minimum Gasteiger partial charge on any atom is -0.493 e. The second-order valence-electron chi connectivity index (χ2n) is 2.97. The minimum atomic E-state index is 0.127. The summed E-state index contributed by atoms with van der Waals surface area (Å²) in [4.78, 5) is 0. The summed E-state index contributed by atoms with van der Waals surface area (Å²) in [6.45, 7) is 10.3. The fraction of sp³-hybridized carbons (Fsp3) is 0.250. The lowest BCUT2D eigenvalue weighted by atomic mass is 10.0. The molecule has 0 aliphatic carbocycles. The van der Waals surface area contributed by atoms with Crippen LogP contribution in [0.15, 0.2) is 35.3 Å². The van der Waals surface area contributed by atoms with Gasteiger partial charge in [0.05, 0.1) is 11.1 Å². The van der Waals surface area contributed by atoms with Gasteiger partial charge in [-0.15, -0.1) is 6.58 Å². The zero-order chi connectivity index (χ0) is 10.6. The lowest BCUT2D eigenvalue weighted by molar-refractivity contribution is 0.338. The van der Waals surface area contributed by atoms with Crippen LogP contribution >= 0.6 is 15.9 Å². The fourth-order valence-corrected chi connectivity index (χ4v) is 1.67. The molecule has 0 spiro atoms. The van der Waals surface area contributed by atoms with Crippen molar-refractivity contribution in [1.82, 2.24) is 0 Å². The fourth-order valence-electron chi connectivity index (χ4n) is 1.16. The van der Waals surface area contributed by atoms with Crippen LogP contribution in [-0.2, 0) is 0 Å². The second-order valence-corrected chi connectivity index (χ2v) is 3.82. The average Bonchev–Trinajstić information content (AvgIpc) is 2.20. The molecule has 0 N–H and O–H groups in total. The highest BCUT2D eigenvalue weighted by Gasteiger charge is 2.05. The van der Waals surface area contributed by atoms with Gasteiger partial charge in [-0.1, -0.05) is 12.1 Å². The van der Waals surface area contributed by atoms with Gasteiger partial charge in [-0.05, 0) is 47.5 Å². The normalized spacial score (nSPS) is 12.2. The molecular formula is C12H14BrO. The van der Waals surface area contributed by atoms with Gasteiger partial charge in [-0.3, -0.25) is 0 Å². The van der Waals surface area contributed by atoms with Crippen molar-refractivity contribution in [3.05, 3.63) is 47.8 Å². The predicted molar refractivity (Wildman–Crippen MR) is 63.6 cm³/mol. The number of allylic oxidation sites excluding steroid dienone is 1. The maximum Gasteiger partial charge on any atom is 0.133 e. The van der Waals surface area contributed by atoms with Gasteiger partial charge >= 0.3 is 0 Å². The van der Waals surface area contributed by atoms with E-state index in [-0.39, 0.29) is 5.92 Å². The van der Waals surface area contributed by atoms with Crippen molar-refractivity contribution in [3.8, 4) is 5.75 Å².